The molecule has 0 radical (unpaired) electrons. The Bertz CT molecular complexity index is 679. The number of anilines is 2. The molecular formula is C14H16N4O2. The summed E-state index contributed by atoms with van der Waals surface area (Å²) in [6.07, 6.45) is 3.23. The maximum atomic E-state index is 11.9. The lowest BCUT2D eigenvalue weighted by atomic mass is 10.1. The van der Waals surface area contributed by atoms with Gasteiger partial charge in [0, 0.05) is 36.7 Å². The van der Waals surface area contributed by atoms with Crippen LogP contribution in [0.2, 0.25) is 0 Å². The molecule has 0 saturated carbocycles. The number of amides is 1. The van der Waals surface area contributed by atoms with Crippen molar-refractivity contribution >= 4 is 17.3 Å². The van der Waals surface area contributed by atoms with Gasteiger partial charge in [0.15, 0.2) is 0 Å². The number of aryl methyl sites for hydroxylation is 1. The Balaban J connectivity index is 1.98. The van der Waals surface area contributed by atoms with E-state index in [1.807, 2.05) is 6.92 Å². The van der Waals surface area contributed by atoms with Gasteiger partial charge in [0.05, 0.1) is 0 Å². The Kier molecular flexibility index (Phi) is 4.14. The van der Waals surface area contributed by atoms with E-state index in [0.717, 1.165) is 5.56 Å². The van der Waals surface area contributed by atoms with E-state index in [0.29, 0.717) is 17.9 Å². The summed E-state index contributed by atoms with van der Waals surface area (Å²) < 4.78 is 1.39. The molecule has 0 unspecified atom stereocenters. The Hall–Kier alpha value is -2.63. The molecule has 0 aliphatic rings. The molecule has 0 aliphatic heterocycles. The Labute approximate surface area is 116 Å². The van der Waals surface area contributed by atoms with Gasteiger partial charge in [-0.25, -0.2) is 9.78 Å². The van der Waals surface area contributed by atoms with Crippen molar-refractivity contribution in [2.24, 2.45) is 0 Å². The number of hydrogen-bond acceptors (Lipinski definition) is 4. The smallest absolute Gasteiger partial charge is 0.347 e. The lowest BCUT2D eigenvalue weighted by molar-refractivity contribution is -0.116. The number of rotatable bonds is 4. The van der Waals surface area contributed by atoms with Crippen molar-refractivity contribution in [1.82, 2.24) is 9.55 Å². The third-order valence-electron chi connectivity index (χ3n) is 3.01. The van der Waals surface area contributed by atoms with Gasteiger partial charge in [0.25, 0.3) is 0 Å². The molecule has 1 heterocycles. The lowest BCUT2D eigenvalue weighted by Crippen LogP contribution is -2.24. The average molecular weight is 272 g/mol. The number of nitrogens with zero attached hydrogens (tertiary/aromatic N) is 2. The highest BCUT2D eigenvalue weighted by Gasteiger charge is 2.07. The van der Waals surface area contributed by atoms with Crippen LogP contribution >= 0.6 is 0 Å². The van der Waals surface area contributed by atoms with Crippen molar-refractivity contribution in [2.45, 2.75) is 19.9 Å². The number of nitrogens with one attached hydrogen (secondary N) is 1. The summed E-state index contributed by atoms with van der Waals surface area (Å²) in [5.41, 5.74) is 7.57. The normalized spacial score (nSPS) is 10.2. The monoisotopic (exact) mass is 272 g/mol. The first-order valence-corrected chi connectivity index (χ1v) is 6.24. The van der Waals surface area contributed by atoms with Crippen molar-refractivity contribution in [3.05, 3.63) is 52.7 Å². The maximum Gasteiger partial charge on any atom is 0.347 e. The summed E-state index contributed by atoms with van der Waals surface area (Å²) >= 11 is 0. The van der Waals surface area contributed by atoms with Crippen LogP contribution in [0.5, 0.6) is 0 Å². The second-order valence-electron chi connectivity index (χ2n) is 4.41. The van der Waals surface area contributed by atoms with Crippen LogP contribution in [-0.4, -0.2) is 15.5 Å². The molecule has 0 bridgehead atoms. The molecular weight excluding hydrogens is 256 g/mol. The van der Waals surface area contributed by atoms with Crippen molar-refractivity contribution in [3.8, 4) is 0 Å². The highest BCUT2D eigenvalue weighted by atomic mass is 16.2. The molecule has 0 fully saturated rings. The second-order valence-corrected chi connectivity index (χ2v) is 4.41. The minimum atomic E-state index is -0.361. The van der Waals surface area contributed by atoms with E-state index in [-0.39, 0.29) is 18.0 Å². The van der Waals surface area contributed by atoms with Crippen LogP contribution in [0.15, 0.2) is 41.5 Å². The van der Waals surface area contributed by atoms with Crippen molar-refractivity contribution in [1.29, 1.82) is 0 Å². The predicted octanol–water partition coefficient (Wildman–Crippen LogP) is 1.16. The number of nitrogen functional groups attached to an aromatic ring is 1. The maximum absolute atomic E-state index is 11.9. The zero-order chi connectivity index (χ0) is 14.5. The number of benzene rings is 1. The van der Waals surface area contributed by atoms with Gasteiger partial charge in [-0.3, -0.25) is 9.36 Å². The van der Waals surface area contributed by atoms with E-state index >= 15 is 0 Å². The Morgan fingerprint density at radius 2 is 2.20 bits per heavy atom. The topological polar surface area (TPSA) is 90.0 Å². The van der Waals surface area contributed by atoms with Crippen LogP contribution in [0, 0.1) is 6.92 Å². The minimum Gasteiger partial charge on any atom is -0.398 e. The SMILES string of the molecule is Cc1c(N)cccc1NC(=O)CCn1cccnc1=O. The third-order valence-corrected chi connectivity index (χ3v) is 3.01. The van der Waals surface area contributed by atoms with Crippen LogP contribution in [0.1, 0.15) is 12.0 Å². The van der Waals surface area contributed by atoms with Gasteiger partial charge in [-0.2, -0.15) is 0 Å². The number of carbonyl (C=O) groups is 1. The minimum absolute atomic E-state index is 0.172. The third kappa shape index (κ3) is 3.23. The standard InChI is InChI=1S/C14H16N4O2/c1-10-11(15)4-2-5-12(10)17-13(19)6-9-18-8-3-7-16-14(18)20/h2-5,7-8H,6,9,15H2,1H3,(H,17,19). The number of carbonyl (C=O) groups excluding carboxylic acids is 1. The van der Waals surface area contributed by atoms with Crippen LogP contribution < -0.4 is 16.7 Å². The summed E-state index contributed by atoms with van der Waals surface area (Å²) in [7, 11) is 0. The zero-order valence-corrected chi connectivity index (χ0v) is 11.2. The number of nitrogens with two attached hydrogens (primary N) is 1. The fourth-order valence-corrected chi connectivity index (χ4v) is 1.78. The van der Waals surface area contributed by atoms with Crippen LogP contribution in [0.25, 0.3) is 0 Å². The van der Waals surface area contributed by atoms with Crippen molar-refractivity contribution in [3.63, 3.8) is 0 Å². The van der Waals surface area contributed by atoms with Gasteiger partial charge in [0.2, 0.25) is 5.91 Å². The van der Waals surface area contributed by atoms with Gasteiger partial charge in [-0.05, 0) is 30.7 Å². The molecule has 0 spiro atoms. The summed E-state index contributed by atoms with van der Waals surface area (Å²) in [6.45, 7) is 2.14. The largest absolute Gasteiger partial charge is 0.398 e. The molecule has 0 saturated heterocycles. The highest BCUT2D eigenvalue weighted by molar-refractivity contribution is 5.92. The molecule has 1 amide bonds. The summed E-state index contributed by atoms with van der Waals surface area (Å²) in [4.78, 5) is 26.9. The van der Waals surface area contributed by atoms with Gasteiger partial charge in [0.1, 0.15) is 0 Å². The van der Waals surface area contributed by atoms with Gasteiger partial charge < -0.3 is 11.1 Å². The first-order valence-electron chi connectivity index (χ1n) is 6.24. The van der Waals surface area contributed by atoms with Gasteiger partial charge >= 0.3 is 5.69 Å². The molecule has 6 nitrogen and oxygen atoms in total. The zero-order valence-electron chi connectivity index (χ0n) is 11.2. The van der Waals surface area contributed by atoms with Crippen molar-refractivity contribution in [2.75, 3.05) is 11.1 Å². The van der Waals surface area contributed by atoms with Crippen LogP contribution in [-0.2, 0) is 11.3 Å². The Morgan fingerprint density at radius 3 is 2.95 bits per heavy atom. The first-order chi connectivity index (χ1) is 9.58. The number of aromatic nitrogens is 2. The predicted molar refractivity (Wildman–Crippen MR) is 77.3 cm³/mol. The fraction of sp³-hybridized carbons (Fsp3) is 0.214. The van der Waals surface area contributed by atoms with E-state index in [2.05, 4.69) is 10.3 Å². The molecule has 3 N–H and O–H groups in total. The average Bonchev–Trinajstić information content (AvgIpc) is 2.43. The van der Waals surface area contributed by atoms with E-state index in [4.69, 9.17) is 5.73 Å². The molecule has 0 atom stereocenters. The quantitative estimate of drug-likeness (QED) is 0.817. The molecule has 1 aromatic heterocycles. The summed E-state index contributed by atoms with van der Waals surface area (Å²) in [5.74, 6) is -0.172. The Morgan fingerprint density at radius 1 is 1.40 bits per heavy atom. The number of hydrogen-bond donors (Lipinski definition) is 2. The summed E-state index contributed by atoms with van der Waals surface area (Å²) in [6, 6.07) is 7.00. The van der Waals surface area contributed by atoms with E-state index in [1.165, 1.54) is 10.8 Å². The van der Waals surface area contributed by atoms with Crippen LogP contribution in [0.3, 0.4) is 0 Å². The van der Waals surface area contributed by atoms with E-state index in [9.17, 15) is 9.59 Å². The molecule has 1 aromatic carbocycles. The van der Waals surface area contributed by atoms with Crippen molar-refractivity contribution < 1.29 is 4.79 Å². The van der Waals surface area contributed by atoms with Gasteiger partial charge in [-0.1, -0.05) is 6.07 Å². The molecule has 104 valence electrons. The molecule has 2 aromatic rings. The first kappa shape index (κ1) is 13.8. The lowest BCUT2D eigenvalue weighted by Gasteiger charge is -2.10. The molecule has 6 heteroatoms. The fourth-order valence-electron chi connectivity index (χ4n) is 1.78. The molecule has 0 aliphatic carbocycles. The molecule has 20 heavy (non-hydrogen) atoms. The summed E-state index contributed by atoms with van der Waals surface area (Å²) in [5, 5.41) is 2.79. The highest BCUT2D eigenvalue weighted by Crippen LogP contribution is 2.20. The van der Waals surface area contributed by atoms with Crippen LogP contribution in [0.4, 0.5) is 11.4 Å². The van der Waals surface area contributed by atoms with Gasteiger partial charge in [-0.15, -0.1) is 0 Å². The van der Waals surface area contributed by atoms with E-state index in [1.54, 1.807) is 30.5 Å². The molecule has 2 rings (SSSR count). The second kappa shape index (κ2) is 6.01. The van der Waals surface area contributed by atoms with E-state index < -0.39 is 0 Å².